The SMILES string of the molecule is CC.CC.CC.CC(C)N(C(=O)OC(c1ccccc1)c1ncc[nH]1)C(C)C. The van der Waals surface area contributed by atoms with Crippen molar-refractivity contribution in [1.82, 2.24) is 14.9 Å². The zero-order valence-electron chi connectivity index (χ0n) is 19.5. The van der Waals surface area contributed by atoms with Crippen molar-refractivity contribution in [3.8, 4) is 0 Å². The molecule has 1 heterocycles. The molecule has 1 unspecified atom stereocenters. The Morgan fingerprint density at radius 3 is 1.82 bits per heavy atom. The van der Waals surface area contributed by atoms with E-state index in [1.165, 1.54) is 0 Å². The van der Waals surface area contributed by atoms with Crippen molar-refractivity contribution in [2.24, 2.45) is 0 Å². The molecule has 1 N–H and O–H groups in total. The Labute approximate surface area is 172 Å². The van der Waals surface area contributed by atoms with Crippen LogP contribution in [-0.2, 0) is 4.74 Å². The van der Waals surface area contributed by atoms with Crippen molar-refractivity contribution in [2.75, 3.05) is 0 Å². The molecule has 160 valence electrons. The number of hydrogen-bond donors (Lipinski definition) is 1. The van der Waals surface area contributed by atoms with Gasteiger partial charge in [-0.15, -0.1) is 0 Å². The molecule has 2 aromatic rings. The van der Waals surface area contributed by atoms with Gasteiger partial charge < -0.3 is 14.6 Å². The molecule has 0 spiro atoms. The number of amides is 1. The molecule has 1 atom stereocenters. The molecule has 28 heavy (non-hydrogen) atoms. The van der Waals surface area contributed by atoms with Crippen LogP contribution in [0.15, 0.2) is 42.7 Å². The fraction of sp³-hybridized carbons (Fsp3) is 0.565. The maximum Gasteiger partial charge on any atom is 0.411 e. The van der Waals surface area contributed by atoms with Crippen molar-refractivity contribution in [1.29, 1.82) is 0 Å². The molecular weight excluding hydrogens is 350 g/mol. The first-order chi connectivity index (χ1) is 13.5. The molecule has 0 aliphatic heterocycles. The van der Waals surface area contributed by atoms with E-state index < -0.39 is 6.10 Å². The number of carbonyl (C=O) groups is 1. The Hall–Kier alpha value is -2.30. The van der Waals surface area contributed by atoms with Gasteiger partial charge in [-0.3, -0.25) is 0 Å². The van der Waals surface area contributed by atoms with Crippen LogP contribution < -0.4 is 0 Å². The highest BCUT2D eigenvalue weighted by Crippen LogP contribution is 2.25. The molecule has 0 radical (unpaired) electrons. The second-order valence-electron chi connectivity index (χ2n) is 5.74. The van der Waals surface area contributed by atoms with E-state index in [-0.39, 0.29) is 18.2 Å². The van der Waals surface area contributed by atoms with E-state index >= 15 is 0 Å². The van der Waals surface area contributed by atoms with Crippen LogP contribution in [0.4, 0.5) is 4.79 Å². The monoisotopic (exact) mass is 391 g/mol. The molecule has 0 saturated heterocycles. The number of carbonyl (C=O) groups excluding carboxylic acids is 1. The van der Waals surface area contributed by atoms with Gasteiger partial charge in [0, 0.05) is 30.0 Å². The summed E-state index contributed by atoms with van der Waals surface area (Å²) in [7, 11) is 0. The molecule has 2 rings (SSSR count). The molecule has 0 aliphatic rings. The van der Waals surface area contributed by atoms with Crippen molar-refractivity contribution in [3.63, 3.8) is 0 Å². The van der Waals surface area contributed by atoms with Crippen molar-refractivity contribution >= 4 is 6.09 Å². The third kappa shape index (κ3) is 9.07. The minimum atomic E-state index is -0.538. The standard InChI is InChI=1S/C17H23N3O2.3C2H6/c1-12(2)20(13(3)4)17(21)22-15(16-18-10-11-19-16)14-8-6-5-7-9-14;3*1-2/h5-13,15H,1-4H3,(H,18,19);3*1-2H3. The summed E-state index contributed by atoms with van der Waals surface area (Å²) in [4.78, 5) is 21.6. The van der Waals surface area contributed by atoms with Crippen LogP contribution in [0.5, 0.6) is 0 Å². The van der Waals surface area contributed by atoms with E-state index in [0.29, 0.717) is 5.82 Å². The minimum absolute atomic E-state index is 0.0699. The van der Waals surface area contributed by atoms with Crippen LogP contribution in [0.3, 0.4) is 0 Å². The molecule has 5 heteroatoms. The van der Waals surface area contributed by atoms with Crippen LogP contribution in [0.1, 0.15) is 86.7 Å². The lowest BCUT2D eigenvalue weighted by atomic mass is 10.1. The summed E-state index contributed by atoms with van der Waals surface area (Å²) < 4.78 is 5.76. The number of aromatic amines is 1. The number of imidazole rings is 1. The number of ether oxygens (including phenoxy) is 1. The van der Waals surface area contributed by atoms with Gasteiger partial charge in [-0.25, -0.2) is 9.78 Å². The third-order valence-electron chi connectivity index (χ3n) is 3.41. The number of H-pyrrole nitrogens is 1. The highest BCUT2D eigenvalue weighted by molar-refractivity contribution is 5.69. The van der Waals surface area contributed by atoms with Gasteiger partial charge in [0.15, 0.2) is 11.9 Å². The van der Waals surface area contributed by atoms with Gasteiger partial charge in [-0.2, -0.15) is 0 Å². The number of rotatable bonds is 5. The zero-order valence-corrected chi connectivity index (χ0v) is 19.5. The first-order valence-electron chi connectivity index (χ1n) is 10.5. The smallest absolute Gasteiger partial charge is 0.411 e. The number of benzene rings is 1. The Morgan fingerprint density at radius 2 is 1.43 bits per heavy atom. The van der Waals surface area contributed by atoms with Gasteiger partial charge in [0.1, 0.15) is 0 Å². The Balaban J connectivity index is 0. The van der Waals surface area contributed by atoms with E-state index in [9.17, 15) is 4.79 Å². The fourth-order valence-electron chi connectivity index (χ4n) is 2.51. The van der Waals surface area contributed by atoms with Crippen LogP contribution in [0.2, 0.25) is 0 Å². The zero-order chi connectivity index (χ0) is 22.1. The van der Waals surface area contributed by atoms with E-state index in [1.54, 1.807) is 17.3 Å². The quantitative estimate of drug-likeness (QED) is 0.607. The molecule has 0 bridgehead atoms. The van der Waals surface area contributed by atoms with Crippen LogP contribution in [0.25, 0.3) is 0 Å². The highest BCUT2D eigenvalue weighted by Gasteiger charge is 2.27. The number of hydrogen-bond acceptors (Lipinski definition) is 3. The van der Waals surface area contributed by atoms with Gasteiger partial charge in [0.05, 0.1) is 0 Å². The van der Waals surface area contributed by atoms with Crippen molar-refractivity contribution < 1.29 is 9.53 Å². The molecule has 1 aromatic carbocycles. The van der Waals surface area contributed by atoms with Crippen LogP contribution in [0, 0.1) is 0 Å². The number of aromatic nitrogens is 2. The summed E-state index contributed by atoms with van der Waals surface area (Å²) in [6.07, 6.45) is 2.50. The normalized spacial score (nSPS) is 10.4. The van der Waals surface area contributed by atoms with Gasteiger partial charge in [0.25, 0.3) is 0 Å². The number of nitrogens with one attached hydrogen (secondary N) is 1. The van der Waals surface area contributed by atoms with Crippen molar-refractivity contribution in [3.05, 3.63) is 54.1 Å². The lowest BCUT2D eigenvalue weighted by Gasteiger charge is -2.31. The van der Waals surface area contributed by atoms with E-state index in [4.69, 9.17) is 4.74 Å². The summed E-state index contributed by atoms with van der Waals surface area (Å²) in [6, 6.07) is 9.76. The average Bonchev–Trinajstić information content (AvgIpc) is 3.25. The summed E-state index contributed by atoms with van der Waals surface area (Å²) in [5.41, 5.74) is 0.887. The molecular formula is C23H41N3O2. The lowest BCUT2D eigenvalue weighted by molar-refractivity contribution is 0.0553. The Morgan fingerprint density at radius 1 is 0.929 bits per heavy atom. The number of nitrogens with zero attached hydrogens (tertiary/aromatic N) is 2. The summed E-state index contributed by atoms with van der Waals surface area (Å²) >= 11 is 0. The largest absolute Gasteiger partial charge is 0.433 e. The molecule has 0 fully saturated rings. The summed E-state index contributed by atoms with van der Waals surface area (Å²) in [6.45, 7) is 19.9. The van der Waals surface area contributed by atoms with E-state index in [0.717, 1.165) is 5.56 Å². The second kappa shape index (κ2) is 16.8. The van der Waals surface area contributed by atoms with E-state index in [1.807, 2.05) is 99.6 Å². The first-order valence-corrected chi connectivity index (χ1v) is 10.5. The van der Waals surface area contributed by atoms with Gasteiger partial charge in [0.2, 0.25) is 0 Å². The van der Waals surface area contributed by atoms with E-state index in [2.05, 4.69) is 9.97 Å². The third-order valence-corrected chi connectivity index (χ3v) is 3.41. The average molecular weight is 392 g/mol. The topological polar surface area (TPSA) is 58.2 Å². The van der Waals surface area contributed by atoms with Gasteiger partial charge in [-0.1, -0.05) is 71.9 Å². The van der Waals surface area contributed by atoms with Crippen LogP contribution >= 0.6 is 0 Å². The molecule has 1 aromatic heterocycles. The van der Waals surface area contributed by atoms with Crippen molar-refractivity contribution in [2.45, 2.75) is 87.4 Å². The highest BCUT2D eigenvalue weighted by atomic mass is 16.6. The summed E-state index contributed by atoms with van der Waals surface area (Å²) in [5, 5.41) is 0. The molecule has 5 nitrogen and oxygen atoms in total. The molecule has 0 saturated carbocycles. The Bertz CT molecular complexity index is 573. The Kier molecular flexibility index (Phi) is 16.8. The maximum absolute atomic E-state index is 12.6. The fourth-order valence-corrected chi connectivity index (χ4v) is 2.51. The van der Waals surface area contributed by atoms with Crippen LogP contribution in [-0.4, -0.2) is 33.0 Å². The predicted molar refractivity (Wildman–Crippen MR) is 120 cm³/mol. The molecule has 1 amide bonds. The maximum atomic E-state index is 12.6. The molecule has 0 aliphatic carbocycles. The summed E-state index contributed by atoms with van der Waals surface area (Å²) in [5.74, 6) is 0.618. The lowest BCUT2D eigenvalue weighted by Crippen LogP contribution is -2.43. The minimum Gasteiger partial charge on any atom is -0.433 e. The second-order valence-corrected chi connectivity index (χ2v) is 5.74. The van der Waals surface area contributed by atoms with Gasteiger partial charge >= 0.3 is 6.09 Å². The first kappa shape index (κ1) is 27.9. The predicted octanol–water partition coefficient (Wildman–Crippen LogP) is 6.83. The van der Waals surface area contributed by atoms with Gasteiger partial charge in [-0.05, 0) is 27.7 Å².